The van der Waals surface area contributed by atoms with Crippen molar-refractivity contribution >= 4 is 27.5 Å². The van der Waals surface area contributed by atoms with Gasteiger partial charge < -0.3 is 0 Å². The molecule has 1 rings (SSSR count). The fourth-order valence-electron chi connectivity index (χ4n) is 0.816. The molecule has 7 heteroatoms. The van der Waals surface area contributed by atoms with Gasteiger partial charge in [-0.2, -0.15) is 0 Å². The molecule has 0 unspecified atom stereocenters. The van der Waals surface area contributed by atoms with Crippen molar-refractivity contribution in [3.05, 3.63) is 30.3 Å². The van der Waals surface area contributed by atoms with Gasteiger partial charge in [-0.05, 0) is 12.1 Å². The summed E-state index contributed by atoms with van der Waals surface area (Å²) < 4.78 is 23.0. The molecular formula is C8H9ClN2O3S. The van der Waals surface area contributed by atoms with Crippen molar-refractivity contribution in [3.8, 4) is 0 Å². The maximum Gasteiger partial charge on any atom is 0.257 e. The number of halogens is 1. The van der Waals surface area contributed by atoms with E-state index in [1.165, 1.54) is 12.1 Å². The molecule has 0 saturated carbocycles. The normalized spacial score (nSPS) is 11.0. The third-order valence-corrected chi connectivity index (χ3v) is 3.01. The zero-order valence-electron chi connectivity index (χ0n) is 7.60. The van der Waals surface area contributed by atoms with E-state index in [0.717, 1.165) is 0 Å². The molecule has 1 aromatic carbocycles. The highest BCUT2D eigenvalue weighted by atomic mass is 35.5. The predicted octanol–water partition coefficient (Wildman–Crippen LogP) is 0.235. The largest absolute Gasteiger partial charge is 0.277 e. The molecule has 0 aromatic heterocycles. The average molecular weight is 249 g/mol. The smallest absolute Gasteiger partial charge is 0.257 e. The Morgan fingerprint density at radius 1 is 1.27 bits per heavy atom. The lowest BCUT2D eigenvalue weighted by molar-refractivity contribution is -0.119. The van der Waals surface area contributed by atoms with Crippen LogP contribution in [-0.2, 0) is 14.8 Å². The standard InChI is InChI=1S/C8H9ClN2O3S/c9-6-8(12)10-11-15(13,14)7-4-2-1-3-5-7/h1-5,11H,6H2,(H,10,12). The van der Waals surface area contributed by atoms with Crippen molar-refractivity contribution in [2.45, 2.75) is 4.90 Å². The van der Waals surface area contributed by atoms with Crippen LogP contribution in [0.4, 0.5) is 0 Å². The molecule has 0 aliphatic rings. The molecule has 0 radical (unpaired) electrons. The Morgan fingerprint density at radius 2 is 1.87 bits per heavy atom. The summed E-state index contributed by atoms with van der Waals surface area (Å²) in [5.74, 6) is -0.923. The summed E-state index contributed by atoms with van der Waals surface area (Å²) in [6, 6.07) is 7.68. The molecule has 0 spiro atoms. The van der Waals surface area contributed by atoms with Gasteiger partial charge in [-0.15, -0.1) is 16.4 Å². The summed E-state index contributed by atoms with van der Waals surface area (Å²) >= 11 is 5.18. The minimum atomic E-state index is -3.71. The molecule has 0 aliphatic carbocycles. The van der Waals surface area contributed by atoms with E-state index in [-0.39, 0.29) is 10.8 Å². The van der Waals surface area contributed by atoms with Crippen molar-refractivity contribution in [1.82, 2.24) is 10.3 Å². The number of benzene rings is 1. The van der Waals surface area contributed by atoms with E-state index in [9.17, 15) is 13.2 Å². The number of hydrazine groups is 1. The Balaban J connectivity index is 2.73. The quantitative estimate of drug-likeness (QED) is 0.592. The van der Waals surface area contributed by atoms with E-state index in [1.807, 2.05) is 10.3 Å². The van der Waals surface area contributed by atoms with Gasteiger partial charge in [0.1, 0.15) is 5.88 Å². The van der Waals surface area contributed by atoms with Crippen molar-refractivity contribution in [2.75, 3.05) is 5.88 Å². The zero-order chi connectivity index (χ0) is 11.3. The second kappa shape index (κ2) is 5.11. The van der Waals surface area contributed by atoms with Crippen molar-refractivity contribution in [2.24, 2.45) is 0 Å². The molecule has 5 nitrogen and oxygen atoms in total. The first-order chi connectivity index (χ1) is 7.06. The number of hydrogen-bond acceptors (Lipinski definition) is 3. The lowest BCUT2D eigenvalue weighted by Crippen LogP contribution is -2.42. The van der Waals surface area contributed by atoms with Gasteiger partial charge in [-0.1, -0.05) is 18.2 Å². The maximum atomic E-state index is 11.5. The van der Waals surface area contributed by atoms with E-state index >= 15 is 0 Å². The average Bonchev–Trinajstić information content (AvgIpc) is 2.27. The Labute approximate surface area is 92.5 Å². The van der Waals surface area contributed by atoms with Crippen LogP contribution in [0.2, 0.25) is 0 Å². The van der Waals surface area contributed by atoms with Crippen molar-refractivity contribution in [1.29, 1.82) is 0 Å². The maximum absolute atomic E-state index is 11.5. The summed E-state index contributed by atoms with van der Waals surface area (Å²) in [5.41, 5.74) is 1.96. The van der Waals surface area contributed by atoms with E-state index < -0.39 is 15.9 Å². The number of carbonyl (C=O) groups is 1. The van der Waals surface area contributed by atoms with Crippen LogP contribution in [0.25, 0.3) is 0 Å². The topological polar surface area (TPSA) is 75.3 Å². The summed E-state index contributed by atoms with van der Waals surface area (Å²) in [7, 11) is -3.71. The number of hydrogen-bond donors (Lipinski definition) is 2. The van der Waals surface area contributed by atoms with Gasteiger partial charge in [0.15, 0.2) is 0 Å². The fraction of sp³-hybridized carbons (Fsp3) is 0.125. The van der Waals surface area contributed by atoms with E-state index in [0.29, 0.717) is 0 Å². The first kappa shape index (κ1) is 12.0. The van der Waals surface area contributed by atoms with Crippen LogP contribution in [-0.4, -0.2) is 20.2 Å². The van der Waals surface area contributed by atoms with Crippen LogP contribution < -0.4 is 10.3 Å². The minimum Gasteiger partial charge on any atom is -0.277 e. The molecule has 1 aromatic rings. The SMILES string of the molecule is O=C(CCl)NNS(=O)(=O)c1ccccc1. The molecule has 82 valence electrons. The molecule has 0 aliphatic heterocycles. The predicted molar refractivity (Wildman–Crippen MR) is 55.6 cm³/mol. The van der Waals surface area contributed by atoms with Gasteiger partial charge in [-0.3, -0.25) is 10.2 Å². The first-order valence-corrected chi connectivity index (χ1v) is 5.99. The number of sulfonamides is 1. The van der Waals surface area contributed by atoms with Crippen molar-refractivity contribution < 1.29 is 13.2 Å². The lowest BCUT2D eigenvalue weighted by Gasteiger charge is -2.06. The molecule has 0 atom stereocenters. The van der Waals surface area contributed by atoms with E-state index in [4.69, 9.17) is 11.6 Å². The van der Waals surface area contributed by atoms with Crippen LogP contribution in [0.15, 0.2) is 35.2 Å². The number of amides is 1. The highest BCUT2D eigenvalue weighted by molar-refractivity contribution is 7.89. The molecular weight excluding hydrogens is 240 g/mol. The van der Waals surface area contributed by atoms with Gasteiger partial charge >= 0.3 is 0 Å². The molecule has 0 heterocycles. The van der Waals surface area contributed by atoms with E-state index in [2.05, 4.69) is 0 Å². The third-order valence-electron chi connectivity index (χ3n) is 1.50. The van der Waals surface area contributed by atoms with Gasteiger partial charge in [-0.25, -0.2) is 8.42 Å². The van der Waals surface area contributed by atoms with Gasteiger partial charge in [0.05, 0.1) is 4.90 Å². The van der Waals surface area contributed by atoms with Crippen LogP contribution in [0.3, 0.4) is 0 Å². The Kier molecular flexibility index (Phi) is 4.07. The number of alkyl halides is 1. The molecule has 1 amide bonds. The van der Waals surface area contributed by atoms with Crippen LogP contribution >= 0.6 is 11.6 Å². The Hall–Kier alpha value is -1.11. The van der Waals surface area contributed by atoms with Gasteiger partial charge in [0.2, 0.25) is 5.91 Å². The second-order valence-corrected chi connectivity index (χ2v) is 4.55. The van der Waals surface area contributed by atoms with E-state index in [1.54, 1.807) is 18.2 Å². The zero-order valence-corrected chi connectivity index (χ0v) is 9.18. The van der Waals surface area contributed by atoms with Crippen LogP contribution in [0, 0.1) is 0 Å². The lowest BCUT2D eigenvalue weighted by atomic mass is 10.4. The Bertz CT molecular complexity index is 432. The monoisotopic (exact) mass is 248 g/mol. The van der Waals surface area contributed by atoms with Gasteiger partial charge in [0, 0.05) is 0 Å². The van der Waals surface area contributed by atoms with Gasteiger partial charge in [0.25, 0.3) is 10.0 Å². The number of rotatable bonds is 4. The van der Waals surface area contributed by atoms with Crippen LogP contribution in [0.1, 0.15) is 0 Å². The fourth-order valence-corrected chi connectivity index (χ4v) is 1.76. The van der Waals surface area contributed by atoms with Crippen molar-refractivity contribution in [3.63, 3.8) is 0 Å². The second-order valence-electron chi connectivity index (χ2n) is 2.60. The summed E-state index contributed by atoms with van der Waals surface area (Å²) in [6.45, 7) is 0. The molecule has 2 N–H and O–H groups in total. The third kappa shape index (κ3) is 3.50. The Morgan fingerprint density at radius 3 is 2.40 bits per heavy atom. The summed E-state index contributed by atoms with van der Waals surface area (Å²) in [4.78, 5) is 12.7. The summed E-state index contributed by atoms with van der Waals surface area (Å²) in [6.07, 6.45) is 0. The first-order valence-electron chi connectivity index (χ1n) is 3.98. The molecule has 0 saturated heterocycles. The summed E-state index contributed by atoms with van der Waals surface area (Å²) in [5, 5.41) is 0. The molecule has 15 heavy (non-hydrogen) atoms. The van der Waals surface area contributed by atoms with Crippen LogP contribution in [0.5, 0.6) is 0 Å². The molecule has 0 fully saturated rings. The molecule has 0 bridgehead atoms. The highest BCUT2D eigenvalue weighted by Crippen LogP contribution is 2.05. The number of nitrogens with one attached hydrogen (secondary N) is 2. The minimum absolute atomic E-state index is 0.0693. The number of carbonyl (C=O) groups excluding carboxylic acids is 1. The highest BCUT2D eigenvalue weighted by Gasteiger charge is 2.13.